The van der Waals surface area contributed by atoms with Gasteiger partial charge in [-0.25, -0.2) is 4.79 Å². The highest BCUT2D eigenvalue weighted by Gasteiger charge is 2.26. The van der Waals surface area contributed by atoms with Crippen LogP contribution in [0.2, 0.25) is 0 Å². The summed E-state index contributed by atoms with van der Waals surface area (Å²) in [4.78, 5) is 16.1. The number of benzene rings is 2. The fourth-order valence-corrected chi connectivity index (χ4v) is 4.52. The number of fused-ring (bicyclic) bond motifs is 2. The molecule has 1 aliphatic heterocycles. The maximum absolute atomic E-state index is 11.9. The summed E-state index contributed by atoms with van der Waals surface area (Å²) in [5.41, 5.74) is 5.16. The Morgan fingerprint density at radius 3 is 2.89 bits per heavy atom. The third-order valence-electron chi connectivity index (χ3n) is 4.58. The van der Waals surface area contributed by atoms with Gasteiger partial charge in [0.25, 0.3) is 0 Å². The standard InChI is InChI=1S/C22H19NO3S/c1-25-22(24)16-8-9-19-20(11-16)26-13-17-6-2-3-7-18(17)21(19)27-14-15-5-4-10-23-12-15/h2-12,21H,13-14H2,1H3. The summed E-state index contributed by atoms with van der Waals surface area (Å²) < 4.78 is 10.9. The topological polar surface area (TPSA) is 48.4 Å². The zero-order valence-electron chi connectivity index (χ0n) is 14.9. The molecule has 1 aromatic heterocycles. The SMILES string of the molecule is COC(=O)c1ccc2c(c1)OCc1ccccc1C2SCc1cccnc1. The Morgan fingerprint density at radius 1 is 1.19 bits per heavy atom. The lowest BCUT2D eigenvalue weighted by atomic mass is 9.99. The molecule has 0 aliphatic carbocycles. The minimum absolute atomic E-state index is 0.116. The van der Waals surface area contributed by atoms with E-state index in [-0.39, 0.29) is 11.2 Å². The van der Waals surface area contributed by atoms with E-state index in [4.69, 9.17) is 9.47 Å². The summed E-state index contributed by atoms with van der Waals surface area (Å²) in [5, 5.41) is 0.116. The number of esters is 1. The Bertz CT molecular complexity index is 959. The van der Waals surface area contributed by atoms with Crippen molar-refractivity contribution < 1.29 is 14.3 Å². The molecule has 1 unspecified atom stereocenters. The molecule has 2 heterocycles. The molecular formula is C22H19NO3S. The Morgan fingerprint density at radius 2 is 2.07 bits per heavy atom. The minimum atomic E-state index is -0.359. The molecule has 0 fully saturated rings. The van der Waals surface area contributed by atoms with E-state index in [0.29, 0.717) is 12.2 Å². The Balaban J connectivity index is 1.72. The van der Waals surface area contributed by atoms with Crippen LogP contribution in [-0.2, 0) is 17.1 Å². The lowest BCUT2D eigenvalue weighted by Crippen LogP contribution is -2.04. The Kier molecular flexibility index (Phi) is 5.12. The van der Waals surface area contributed by atoms with Crippen LogP contribution >= 0.6 is 11.8 Å². The number of carbonyl (C=O) groups excluding carboxylic acids is 1. The zero-order valence-corrected chi connectivity index (χ0v) is 15.7. The molecular weight excluding hydrogens is 358 g/mol. The Hall–Kier alpha value is -2.79. The molecule has 0 amide bonds. The van der Waals surface area contributed by atoms with Crippen molar-refractivity contribution in [3.05, 3.63) is 94.8 Å². The number of carbonyl (C=O) groups is 1. The molecule has 136 valence electrons. The van der Waals surface area contributed by atoms with E-state index >= 15 is 0 Å². The molecule has 0 saturated carbocycles. The normalized spacial score (nSPS) is 15.1. The van der Waals surface area contributed by atoms with Gasteiger partial charge in [-0.3, -0.25) is 4.98 Å². The summed E-state index contributed by atoms with van der Waals surface area (Å²) in [6.07, 6.45) is 3.68. The summed E-state index contributed by atoms with van der Waals surface area (Å²) in [5.74, 6) is 1.21. The van der Waals surface area contributed by atoms with Gasteiger partial charge in [0.2, 0.25) is 0 Å². The molecule has 27 heavy (non-hydrogen) atoms. The first-order chi connectivity index (χ1) is 13.3. The largest absolute Gasteiger partial charge is 0.489 e. The molecule has 4 nitrogen and oxygen atoms in total. The number of methoxy groups -OCH3 is 1. The van der Waals surface area contributed by atoms with E-state index < -0.39 is 0 Å². The van der Waals surface area contributed by atoms with Gasteiger partial charge in [0.15, 0.2) is 0 Å². The smallest absolute Gasteiger partial charge is 0.337 e. The van der Waals surface area contributed by atoms with Crippen LogP contribution in [0.3, 0.4) is 0 Å². The van der Waals surface area contributed by atoms with Crippen LogP contribution in [-0.4, -0.2) is 18.1 Å². The number of rotatable bonds is 4. The van der Waals surface area contributed by atoms with E-state index in [9.17, 15) is 4.79 Å². The van der Waals surface area contributed by atoms with Gasteiger partial charge in [-0.2, -0.15) is 0 Å². The molecule has 2 aromatic carbocycles. The van der Waals surface area contributed by atoms with Crippen molar-refractivity contribution in [1.82, 2.24) is 4.98 Å². The van der Waals surface area contributed by atoms with Crippen molar-refractivity contribution in [2.24, 2.45) is 0 Å². The third kappa shape index (κ3) is 3.69. The van der Waals surface area contributed by atoms with Gasteiger partial charge < -0.3 is 9.47 Å². The molecule has 3 aromatic rings. The first-order valence-electron chi connectivity index (χ1n) is 8.69. The van der Waals surface area contributed by atoms with Gasteiger partial charge in [-0.05, 0) is 34.9 Å². The van der Waals surface area contributed by atoms with E-state index in [1.54, 1.807) is 18.3 Å². The van der Waals surface area contributed by atoms with Gasteiger partial charge in [0.05, 0.1) is 17.9 Å². The second kappa shape index (κ2) is 7.84. The molecule has 1 aliphatic rings. The van der Waals surface area contributed by atoms with Crippen molar-refractivity contribution in [2.75, 3.05) is 7.11 Å². The van der Waals surface area contributed by atoms with Crippen LogP contribution in [0, 0.1) is 0 Å². The van der Waals surface area contributed by atoms with E-state index in [1.807, 2.05) is 36.2 Å². The van der Waals surface area contributed by atoms with Crippen molar-refractivity contribution in [3.8, 4) is 5.75 Å². The van der Waals surface area contributed by atoms with E-state index in [0.717, 1.165) is 22.6 Å². The molecule has 4 rings (SSSR count). The van der Waals surface area contributed by atoms with Crippen LogP contribution in [0.1, 0.15) is 37.9 Å². The molecule has 0 N–H and O–H groups in total. The summed E-state index contributed by atoms with van der Waals surface area (Å²) in [6.45, 7) is 0.484. The van der Waals surface area contributed by atoms with Crippen molar-refractivity contribution in [3.63, 3.8) is 0 Å². The maximum Gasteiger partial charge on any atom is 0.337 e. The summed E-state index contributed by atoms with van der Waals surface area (Å²) in [6, 6.07) is 17.9. The fourth-order valence-electron chi connectivity index (χ4n) is 3.21. The average Bonchev–Trinajstić information content (AvgIpc) is 2.89. The van der Waals surface area contributed by atoms with E-state index in [1.165, 1.54) is 18.2 Å². The first-order valence-corrected chi connectivity index (χ1v) is 9.74. The molecule has 5 heteroatoms. The number of thioether (sulfide) groups is 1. The third-order valence-corrected chi connectivity index (χ3v) is 5.92. The highest BCUT2D eigenvalue weighted by Crippen LogP contribution is 2.45. The van der Waals surface area contributed by atoms with Crippen molar-refractivity contribution in [1.29, 1.82) is 0 Å². The zero-order chi connectivity index (χ0) is 18.6. The molecule has 0 spiro atoms. The van der Waals surface area contributed by atoms with Crippen molar-refractivity contribution >= 4 is 17.7 Å². The lowest BCUT2D eigenvalue weighted by molar-refractivity contribution is 0.0600. The van der Waals surface area contributed by atoms with Gasteiger partial charge in [-0.1, -0.05) is 36.4 Å². The molecule has 0 radical (unpaired) electrons. The van der Waals surface area contributed by atoms with Crippen molar-refractivity contribution in [2.45, 2.75) is 17.6 Å². The van der Waals surface area contributed by atoms with Gasteiger partial charge in [0.1, 0.15) is 12.4 Å². The van der Waals surface area contributed by atoms with Gasteiger partial charge >= 0.3 is 5.97 Å². The first kappa shape index (κ1) is 17.6. The van der Waals surface area contributed by atoms with Crippen LogP contribution < -0.4 is 4.74 Å². The maximum atomic E-state index is 11.9. The van der Waals surface area contributed by atoms with E-state index in [2.05, 4.69) is 29.2 Å². The number of ether oxygens (including phenoxy) is 2. The number of nitrogens with zero attached hydrogens (tertiary/aromatic N) is 1. The highest BCUT2D eigenvalue weighted by molar-refractivity contribution is 7.99. The molecule has 0 saturated heterocycles. The van der Waals surface area contributed by atoms with Crippen LogP contribution in [0.5, 0.6) is 5.75 Å². The molecule has 1 atom stereocenters. The number of aromatic nitrogens is 1. The summed E-state index contributed by atoms with van der Waals surface area (Å²) >= 11 is 1.83. The predicted molar refractivity (Wildman–Crippen MR) is 106 cm³/mol. The second-order valence-electron chi connectivity index (χ2n) is 6.28. The molecule has 0 bridgehead atoms. The van der Waals surface area contributed by atoms with Gasteiger partial charge in [-0.15, -0.1) is 11.8 Å². The second-order valence-corrected chi connectivity index (χ2v) is 7.38. The lowest BCUT2D eigenvalue weighted by Gasteiger charge is -2.19. The Labute approximate surface area is 162 Å². The monoisotopic (exact) mass is 377 g/mol. The van der Waals surface area contributed by atoms with Gasteiger partial charge in [0, 0.05) is 23.7 Å². The van der Waals surface area contributed by atoms with Crippen LogP contribution in [0.4, 0.5) is 0 Å². The average molecular weight is 377 g/mol. The van der Waals surface area contributed by atoms with Crippen LogP contribution in [0.15, 0.2) is 67.0 Å². The predicted octanol–water partition coefficient (Wildman–Crippen LogP) is 4.78. The van der Waals surface area contributed by atoms with Crippen LogP contribution in [0.25, 0.3) is 0 Å². The number of hydrogen-bond acceptors (Lipinski definition) is 5. The minimum Gasteiger partial charge on any atom is -0.489 e. The number of pyridine rings is 1. The number of hydrogen-bond donors (Lipinski definition) is 0. The highest BCUT2D eigenvalue weighted by atomic mass is 32.2. The summed E-state index contributed by atoms with van der Waals surface area (Å²) in [7, 11) is 1.39. The fraction of sp³-hybridized carbons (Fsp3) is 0.182. The quantitative estimate of drug-likeness (QED) is 0.612.